The number of carbonyl (C=O) groups is 1. The van der Waals surface area contributed by atoms with Crippen molar-refractivity contribution in [1.29, 1.82) is 0 Å². The number of aryl methyl sites for hydroxylation is 1. The molecule has 1 saturated heterocycles. The van der Waals surface area contributed by atoms with Gasteiger partial charge in [-0.25, -0.2) is 4.79 Å². The van der Waals surface area contributed by atoms with Gasteiger partial charge < -0.3 is 39.0 Å². The number of hydrogen-bond donors (Lipinski definition) is 3. The Morgan fingerprint density at radius 3 is 2.07 bits per heavy atom. The molecule has 1 aromatic heterocycles. The van der Waals surface area contributed by atoms with E-state index in [9.17, 15) is 24.6 Å². The minimum Gasteiger partial charge on any atom is -0.497 e. The molecule has 1 fully saturated rings. The third-order valence-corrected chi connectivity index (χ3v) is 10.1. The lowest BCUT2D eigenvalue weighted by molar-refractivity contribution is -0.873. The van der Waals surface area contributed by atoms with Crippen molar-refractivity contribution in [3.8, 4) is 11.5 Å². The van der Waals surface area contributed by atoms with E-state index in [1.165, 1.54) is 15.3 Å². The van der Waals surface area contributed by atoms with E-state index in [4.69, 9.17) is 18.9 Å². The Bertz CT molecular complexity index is 1940. The Labute approximate surface area is 328 Å². The van der Waals surface area contributed by atoms with Crippen molar-refractivity contribution < 1.29 is 38.4 Å². The van der Waals surface area contributed by atoms with Crippen molar-refractivity contribution in [1.82, 2.24) is 14.5 Å². The summed E-state index contributed by atoms with van der Waals surface area (Å²) in [5.74, 6) is 1.17. The highest BCUT2D eigenvalue weighted by molar-refractivity contribution is 5.76. The van der Waals surface area contributed by atoms with E-state index in [-0.39, 0.29) is 37.5 Å². The number of unbranched alkanes of at least 4 members (excludes halogenated alkanes) is 2. The summed E-state index contributed by atoms with van der Waals surface area (Å²) in [5.41, 5.74) is 0.865. The predicted octanol–water partition coefficient (Wildman–Crippen LogP) is 3.74. The van der Waals surface area contributed by atoms with Crippen LogP contribution in [-0.2, 0) is 26.4 Å². The molecule has 302 valence electrons. The zero-order valence-corrected chi connectivity index (χ0v) is 33.4. The van der Waals surface area contributed by atoms with Gasteiger partial charge in [-0.15, -0.1) is 0 Å². The Morgan fingerprint density at radius 2 is 1.50 bits per heavy atom. The quantitative estimate of drug-likeness (QED) is 0.0736. The number of amides is 1. The molecule has 13 heteroatoms. The summed E-state index contributed by atoms with van der Waals surface area (Å²) in [7, 11) is 9.09. The summed E-state index contributed by atoms with van der Waals surface area (Å²) >= 11 is 0. The first kappa shape index (κ1) is 42.4. The van der Waals surface area contributed by atoms with Crippen LogP contribution >= 0.6 is 0 Å². The van der Waals surface area contributed by atoms with Crippen molar-refractivity contribution in [3.05, 3.63) is 128 Å². The van der Waals surface area contributed by atoms with E-state index in [1.807, 2.05) is 100 Å². The number of hydrogen-bond acceptors (Lipinski definition) is 9. The van der Waals surface area contributed by atoms with Crippen molar-refractivity contribution in [2.24, 2.45) is 0 Å². The lowest BCUT2D eigenvalue weighted by Gasteiger charge is -2.37. The number of ether oxygens (including phenoxy) is 4. The van der Waals surface area contributed by atoms with Gasteiger partial charge in [-0.2, -0.15) is 0 Å². The topological polar surface area (TPSA) is 150 Å². The predicted molar refractivity (Wildman–Crippen MR) is 213 cm³/mol. The van der Waals surface area contributed by atoms with Crippen LogP contribution in [0.5, 0.6) is 11.5 Å². The second kappa shape index (κ2) is 18.9. The fraction of sp³-hybridized carbons (Fsp3) is 0.465. The molecule has 1 aliphatic heterocycles. The first-order chi connectivity index (χ1) is 26.7. The van der Waals surface area contributed by atoms with Crippen LogP contribution in [0.1, 0.15) is 60.6 Å². The summed E-state index contributed by atoms with van der Waals surface area (Å²) in [5, 5.41) is 24.4. The first-order valence-electron chi connectivity index (χ1n) is 19.2. The van der Waals surface area contributed by atoms with Crippen LogP contribution in [0.4, 0.5) is 0 Å². The zero-order valence-electron chi connectivity index (χ0n) is 33.4. The largest absolute Gasteiger partial charge is 0.497 e. The molecule has 5 rings (SSSR count). The van der Waals surface area contributed by atoms with Gasteiger partial charge in [-0.05, 0) is 67.1 Å². The number of rotatable bonds is 19. The maximum absolute atomic E-state index is 13.8. The van der Waals surface area contributed by atoms with E-state index in [2.05, 4.69) is 5.32 Å². The number of aliphatic hydroxyl groups is 2. The van der Waals surface area contributed by atoms with Crippen LogP contribution in [0, 0.1) is 6.92 Å². The molecule has 0 spiro atoms. The molecular weight excluding hydrogens is 716 g/mol. The van der Waals surface area contributed by atoms with Crippen LogP contribution in [0.15, 0.2) is 94.6 Å². The van der Waals surface area contributed by atoms with Crippen LogP contribution < -0.4 is 26.0 Å². The van der Waals surface area contributed by atoms with Gasteiger partial charge in [0, 0.05) is 31.3 Å². The first-order valence-corrected chi connectivity index (χ1v) is 19.2. The van der Waals surface area contributed by atoms with E-state index in [0.29, 0.717) is 53.9 Å². The maximum Gasteiger partial charge on any atom is 0.333 e. The van der Waals surface area contributed by atoms with Crippen molar-refractivity contribution in [2.45, 2.75) is 75.7 Å². The molecule has 1 amide bonds. The van der Waals surface area contributed by atoms with Gasteiger partial charge in [0.2, 0.25) is 5.91 Å². The highest BCUT2D eigenvalue weighted by Gasteiger charge is 2.42. The molecular formula is C43H57N4O9+. The molecule has 0 radical (unpaired) electrons. The third kappa shape index (κ3) is 10.3. The van der Waals surface area contributed by atoms with E-state index < -0.39 is 35.8 Å². The normalized spacial score (nSPS) is 17.8. The summed E-state index contributed by atoms with van der Waals surface area (Å²) in [6, 6.07) is 25.1. The van der Waals surface area contributed by atoms with Crippen LogP contribution in [0.2, 0.25) is 0 Å². The van der Waals surface area contributed by atoms with Gasteiger partial charge in [-0.3, -0.25) is 18.7 Å². The molecule has 56 heavy (non-hydrogen) atoms. The molecule has 3 aromatic carbocycles. The van der Waals surface area contributed by atoms with Crippen molar-refractivity contribution >= 4 is 5.91 Å². The monoisotopic (exact) mass is 773 g/mol. The van der Waals surface area contributed by atoms with E-state index >= 15 is 0 Å². The fourth-order valence-corrected chi connectivity index (χ4v) is 7.26. The minimum atomic E-state index is -1.13. The summed E-state index contributed by atoms with van der Waals surface area (Å²) < 4.78 is 27.4. The summed E-state index contributed by atoms with van der Waals surface area (Å²) in [6.07, 6.45) is 0.221. The molecule has 4 atom stereocenters. The molecule has 0 saturated carbocycles. The Balaban J connectivity index is 1.29. The second-order valence-corrected chi connectivity index (χ2v) is 15.4. The molecule has 0 bridgehead atoms. The number of nitrogens with zero attached hydrogens (tertiary/aromatic N) is 3. The van der Waals surface area contributed by atoms with Gasteiger partial charge in [0.25, 0.3) is 5.56 Å². The fourth-order valence-electron chi connectivity index (χ4n) is 7.26. The zero-order chi connectivity index (χ0) is 40.5. The number of aromatic nitrogens is 2. The Hall–Kier alpha value is -4.79. The molecule has 0 aliphatic carbocycles. The average Bonchev–Trinajstić information content (AvgIpc) is 3.55. The molecule has 13 nitrogen and oxygen atoms in total. The third-order valence-electron chi connectivity index (χ3n) is 10.1. The number of methoxy groups -OCH3 is 2. The minimum absolute atomic E-state index is 0.0245. The smallest absolute Gasteiger partial charge is 0.333 e. The second-order valence-electron chi connectivity index (χ2n) is 15.4. The number of benzene rings is 3. The maximum atomic E-state index is 13.8. The van der Waals surface area contributed by atoms with Crippen molar-refractivity contribution in [3.63, 3.8) is 0 Å². The molecule has 2 heterocycles. The SMILES string of the molecule is COc1ccc(C(OCC2OC(n3cc(C)c(=O)n(CCCCCNC(=O)CC(O)C[N+](C)(C)C)c3=O)CC2O)(c2ccccc2)c2ccc(OC)cc2)cc1. The van der Waals surface area contributed by atoms with Gasteiger partial charge in [0.15, 0.2) is 0 Å². The average molecular weight is 774 g/mol. The van der Waals surface area contributed by atoms with Gasteiger partial charge in [0.1, 0.15) is 42.1 Å². The lowest BCUT2D eigenvalue weighted by atomic mass is 9.80. The Morgan fingerprint density at radius 1 is 0.911 bits per heavy atom. The van der Waals surface area contributed by atoms with Crippen LogP contribution in [0.25, 0.3) is 0 Å². The summed E-state index contributed by atoms with van der Waals surface area (Å²) in [6.45, 7) is 2.73. The van der Waals surface area contributed by atoms with Crippen LogP contribution in [0.3, 0.4) is 0 Å². The molecule has 3 N–H and O–H groups in total. The number of carbonyl (C=O) groups excluding carboxylic acids is 1. The molecule has 1 aliphatic rings. The lowest BCUT2D eigenvalue weighted by Crippen LogP contribution is -2.43. The number of quaternary nitrogens is 1. The van der Waals surface area contributed by atoms with E-state index in [1.54, 1.807) is 21.1 Å². The van der Waals surface area contributed by atoms with Crippen LogP contribution in [-0.4, -0.2) is 103 Å². The standard InChI is InChI=1S/C43H56N4O9/c1-30-27-46(42(52)45(41(30)51)24-12-8-11-23-44-39(50)25-34(48)28-47(2,3)4)40-26-37(49)38(56-40)29-55-43(31-13-9-7-10-14-31,32-15-19-35(53-5)20-16-32)33-17-21-36(54-6)22-18-33/h7,9-10,13-22,27,34,37-38,40,48-49H,8,11-12,23-26,28-29H2,1-6H3/p+1. The number of aliphatic hydroxyl groups excluding tert-OH is 2. The number of nitrogens with one attached hydrogen (secondary N) is 1. The number of likely N-dealkylation sites (N-methyl/N-ethyl adjacent to an activating group) is 1. The van der Waals surface area contributed by atoms with Gasteiger partial charge >= 0.3 is 5.69 Å². The highest BCUT2D eigenvalue weighted by Crippen LogP contribution is 2.42. The molecule has 4 unspecified atom stereocenters. The van der Waals surface area contributed by atoms with E-state index in [0.717, 1.165) is 16.7 Å². The summed E-state index contributed by atoms with van der Waals surface area (Å²) in [4.78, 5) is 39.1. The Kier molecular flexibility index (Phi) is 14.3. The molecule has 4 aromatic rings. The van der Waals surface area contributed by atoms with Crippen molar-refractivity contribution in [2.75, 3.05) is 55.1 Å². The van der Waals surface area contributed by atoms with Gasteiger partial charge in [-0.1, -0.05) is 54.6 Å². The highest BCUT2D eigenvalue weighted by atomic mass is 16.6. The van der Waals surface area contributed by atoms with Gasteiger partial charge in [0.05, 0.1) is 54.5 Å².